The standard InChI is InChI=1S/C11H16Cl2O/c1-9(2)7-4-5-10(9,3)11(13,6-7)8(12)14/h7H,4-6H2,1-3H3. The second-order valence-corrected chi connectivity index (χ2v) is 6.56. The van der Waals surface area contributed by atoms with Gasteiger partial charge in [0.2, 0.25) is 5.24 Å². The molecular weight excluding hydrogens is 219 g/mol. The first-order valence-electron chi connectivity index (χ1n) is 5.14. The molecule has 3 unspecified atom stereocenters. The third-order valence-electron chi connectivity index (χ3n) is 5.15. The van der Waals surface area contributed by atoms with Crippen LogP contribution in [-0.4, -0.2) is 10.1 Å². The molecule has 0 amide bonds. The average molecular weight is 235 g/mol. The average Bonchev–Trinajstić information content (AvgIpc) is 2.36. The summed E-state index contributed by atoms with van der Waals surface area (Å²) < 4.78 is 0. The number of fused-ring (bicyclic) bond motifs is 2. The van der Waals surface area contributed by atoms with Crippen molar-refractivity contribution in [2.45, 2.75) is 44.9 Å². The predicted octanol–water partition coefficient (Wildman–Crippen LogP) is 3.58. The maximum Gasteiger partial charge on any atom is 0.243 e. The number of halogens is 2. The summed E-state index contributed by atoms with van der Waals surface area (Å²) in [4.78, 5) is 10.7. The van der Waals surface area contributed by atoms with E-state index in [1.807, 2.05) is 0 Å². The minimum Gasteiger partial charge on any atom is -0.279 e. The molecule has 3 atom stereocenters. The second-order valence-electron chi connectivity index (χ2n) is 5.57. The molecule has 0 radical (unpaired) electrons. The monoisotopic (exact) mass is 234 g/mol. The Bertz CT molecular complexity index is 300. The number of hydrogen-bond donors (Lipinski definition) is 0. The second kappa shape index (κ2) is 2.68. The molecule has 0 aliphatic heterocycles. The largest absolute Gasteiger partial charge is 0.279 e. The lowest BCUT2D eigenvalue weighted by molar-refractivity contribution is -0.117. The van der Waals surface area contributed by atoms with E-state index >= 15 is 0 Å². The third-order valence-corrected chi connectivity index (χ3v) is 6.31. The maximum absolute atomic E-state index is 11.5. The first kappa shape index (κ1) is 10.8. The molecule has 2 saturated carbocycles. The Balaban J connectivity index is 2.50. The highest BCUT2D eigenvalue weighted by Crippen LogP contribution is 2.72. The van der Waals surface area contributed by atoms with Crippen LogP contribution in [0.25, 0.3) is 0 Å². The fourth-order valence-electron chi connectivity index (χ4n) is 3.52. The first-order chi connectivity index (χ1) is 6.26. The van der Waals surface area contributed by atoms with Crippen molar-refractivity contribution in [3.63, 3.8) is 0 Å². The van der Waals surface area contributed by atoms with Crippen LogP contribution in [0.3, 0.4) is 0 Å². The SMILES string of the molecule is CC1(C)C2CCC1(C)C(Cl)(C(=O)Cl)C2. The molecule has 0 aromatic heterocycles. The van der Waals surface area contributed by atoms with Crippen LogP contribution in [0.2, 0.25) is 0 Å². The summed E-state index contributed by atoms with van der Waals surface area (Å²) in [6.45, 7) is 6.55. The highest BCUT2D eigenvalue weighted by molar-refractivity contribution is 6.71. The van der Waals surface area contributed by atoms with Crippen LogP contribution in [-0.2, 0) is 4.79 Å². The van der Waals surface area contributed by atoms with Gasteiger partial charge in [0.15, 0.2) is 0 Å². The molecule has 2 aliphatic rings. The number of rotatable bonds is 1. The van der Waals surface area contributed by atoms with Gasteiger partial charge in [-0.05, 0) is 42.2 Å². The van der Waals surface area contributed by atoms with Gasteiger partial charge < -0.3 is 0 Å². The Morgan fingerprint density at radius 1 is 1.36 bits per heavy atom. The highest BCUT2D eigenvalue weighted by atomic mass is 35.5. The van der Waals surface area contributed by atoms with Crippen molar-refractivity contribution in [3.05, 3.63) is 0 Å². The first-order valence-corrected chi connectivity index (χ1v) is 5.90. The molecule has 3 heteroatoms. The van der Waals surface area contributed by atoms with Gasteiger partial charge in [-0.3, -0.25) is 4.79 Å². The summed E-state index contributed by atoms with van der Waals surface area (Å²) in [5, 5.41) is -0.364. The molecule has 1 nitrogen and oxygen atoms in total. The Labute approximate surface area is 95.1 Å². The smallest absolute Gasteiger partial charge is 0.243 e. The van der Waals surface area contributed by atoms with Crippen LogP contribution in [0.1, 0.15) is 40.0 Å². The van der Waals surface area contributed by atoms with Crippen molar-refractivity contribution in [2.24, 2.45) is 16.7 Å². The minimum atomic E-state index is -0.818. The fourth-order valence-corrected chi connectivity index (χ4v) is 4.33. The minimum absolute atomic E-state index is 0.134. The quantitative estimate of drug-likeness (QED) is 0.501. The molecule has 14 heavy (non-hydrogen) atoms. The number of alkyl halides is 1. The molecule has 80 valence electrons. The summed E-state index contributed by atoms with van der Waals surface area (Å²) in [5.74, 6) is 0.549. The van der Waals surface area contributed by atoms with Crippen molar-refractivity contribution in [1.29, 1.82) is 0 Å². The Kier molecular flexibility index (Phi) is 2.06. The molecule has 0 aromatic carbocycles. The molecule has 2 rings (SSSR count). The zero-order chi connectivity index (χ0) is 10.8. The van der Waals surface area contributed by atoms with E-state index < -0.39 is 4.87 Å². The van der Waals surface area contributed by atoms with Gasteiger partial charge in [0, 0.05) is 5.41 Å². The van der Waals surface area contributed by atoms with Crippen molar-refractivity contribution in [1.82, 2.24) is 0 Å². The lowest BCUT2D eigenvalue weighted by Gasteiger charge is -2.42. The van der Waals surface area contributed by atoms with Crippen LogP contribution < -0.4 is 0 Å². The number of carbonyl (C=O) groups excluding carboxylic acids is 1. The van der Waals surface area contributed by atoms with Gasteiger partial charge >= 0.3 is 0 Å². The van der Waals surface area contributed by atoms with Gasteiger partial charge in [0.25, 0.3) is 0 Å². The summed E-state index contributed by atoms with van der Waals surface area (Å²) in [7, 11) is 0. The van der Waals surface area contributed by atoms with E-state index in [1.54, 1.807) is 0 Å². The molecular formula is C11H16Cl2O. The maximum atomic E-state index is 11.5. The van der Waals surface area contributed by atoms with E-state index in [-0.39, 0.29) is 16.1 Å². The zero-order valence-corrected chi connectivity index (χ0v) is 10.4. The molecule has 0 N–H and O–H groups in total. The summed E-state index contributed by atoms with van der Waals surface area (Å²) in [6.07, 6.45) is 2.95. The van der Waals surface area contributed by atoms with Crippen LogP contribution in [0, 0.1) is 16.7 Å². The predicted molar refractivity (Wildman–Crippen MR) is 58.7 cm³/mol. The zero-order valence-electron chi connectivity index (χ0n) is 8.86. The van der Waals surface area contributed by atoms with Crippen molar-refractivity contribution in [2.75, 3.05) is 0 Å². The van der Waals surface area contributed by atoms with E-state index in [1.165, 1.54) is 6.42 Å². The number of carbonyl (C=O) groups is 1. The summed E-state index contributed by atoms with van der Waals surface area (Å²) in [5.41, 5.74) is 0.00432. The lowest BCUT2D eigenvalue weighted by atomic mass is 9.66. The molecule has 2 fully saturated rings. The van der Waals surface area contributed by atoms with Crippen molar-refractivity contribution < 1.29 is 4.79 Å². The van der Waals surface area contributed by atoms with E-state index in [4.69, 9.17) is 23.2 Å². The highest BCUT2D eigenvalue weighted by Gasteiger charge is 2.70. The lowest BCUT2D eigenvalue weighted by Crippen LogP contribution is -2.46. The van der Waals surface area contributed by atoms with Crippen molar-refractivity contribution >= 4 is 28.4 Å². The molecule has 0 spiro atoms. The van der Waals surface area contributed by atoms with Gasteiger partial charge in [0.05, 0.1) is 0 Å². The van der Waals surface area contributed by atoms with E-state index in [2.05, 4.69) is 20.8 Å². The molecule has 2 aliphatic carbocycles. The van der Waals surface area contributed by atoms with Crippen LogP contribution in [0.4, 0.5) is 0 Å². The van der Waals surface area contributed by atoms with Gasteiger partial charge in [-0.1, -0.05) is 20.8 Å². The molecule has 2 bridgehead atoms. The van der Waals surface area contributed by atoms with Gasteiger partial charge in [-0.15, -0.1) is 11.6 Å². The van der Waals surface area contributed by atoms with Crippen LogP contribution in [0.15, 0.2) is 0 Å². The molecule has 0 saturated heterocycles. The Morgan fingerprint density at radius 3 is 2.14 bits per heavy atom. The number of hydrogen-bond acceptors (Lipinski definition) is 1. The van der Waals surface area contributed by atoms with Gasteiger partial charge in [-0.25, -0.2) is 0 Å². The molecule has 0 heterocycles. The topological polar surface area (TPSA) is 17.1 Å². The van der Waals surface area contributed by atoms with Crippen LogP contribution >= 0.6 is 23.2 Å². The van der Waals surface area contributed by atoms with Gasteiger partial charge in [0.1, 0.15) is 4.87 Å². The van der Waals surface area contributed by atoms with Crippen molar-refractivity contribution in [3.8, 4) is 0 Å². The molecule has 0 aromatic rings. The summed E-state index contributed by atoms with van der Waals surface area (Å²) >= 11 is 12.1. The summed E-state index contributed by atoms with van der Waals surface area (Å²) in [6, 6.07) is 0. The Morgan fingerprint density at radius 2 is 1.93 bits per heavy atom. The van der Waals surface area contributed by atoms with Gasteiger partial charge in [-0.2, -0.15) is 0 Å². The fraction of sp³-hybridized carbons (Fsp3) is 0.909. The third kappa shape index (κ3) is 0.911. The van der Waals surface area contributed by atoms with E-state index in [0.29, 0.717) is 5.92 Å². The normalized spacial score (nSPS) is 49.6. The van der Waals surface area contributed by atoms with E-state index in [0.717, 1.165) is 12.8 Å². The van der Waals surface area contributed by atoms with E-state index in [9.17, 15) is 4.79 Å². The Hall–Kier alpha value is 0.250. The van der Waals surface area contributed by atoms with Crippen LogP contribution in [0.5, 0.6) is 0 Å².